The van der Waals surface area contributed by atoms with Crippen LogP contribution in [0.3, 0.4) is 0 Å². The van der Waals surface area contributed by atoms with E-state index in [2.05, 4.69) is 15.0 Å². The summed E-state index contributed by atoms with van der Waals surface area (Å²) in [6.45, 7) is -0.637. The average molecular weight is 450 g/mol. The van der Waals surface area contributed by atoms with E-state index in [4.69, 9.17) is 11.6 Å². The fraction of sp³-hybridized carbons (Fsp3) is 0.273. The van der Waals surface area contributed by atoms with Crippen molar-refractivity contribution in [1.29, 1.82) is 0 Å². The number of rotatable bonds is 7. The predicted molar refractivity (Wildman–Crippen MR) is 115 cm³/mol. The maximum absolute atomic E-state index is 12.4. The third-order valence-corrected chi connectivity index (χ3v) is 5.04. The van der Waals surface area contributed by atoms with Crippen molar-refractivity contribution in [2.45, 2.75) is 6.61 Å². The van der Waals surface area contributed by atoms with Crippen LogP contribution in [0.15, 0.2) is 54.6 Å². The Kier molecular flexibility index (Phi) is 7.83. The molecule has 0 atom stereocenters. The van der Waals surface area contributed by atoms with Crippen molar-refractivity contribution in [1.82, 2.24) is 10.2 Å². The van der Waals surface area contributed by atoms with E-state index in [9.17, 15) is 18.4 Å². The van der Waals surface area contributed by atoms with Crippen LogP contribution in [0.4, 0.5) is 14.5 Å². The van der Waals surface area contributed by atoms with Crippen molar-refractivity contribution in [2.75, 3.05) is 37.6 Å². The number of hydrogen-bond acceptors (Lipinski definition) is 4. The number of carbonyl (C=O) groups excluding carboxylic acids is 2. The summed E-state index contributed by atoms with van der Waals surface area (Å²) < 4.78 is 29.3. The lowest BCUT2D eigenvalue weighted by Crippen LogP contribution is -2.51. The molecule has 31 heavy (non-hydrogen) atoms. The molecular weight excluding hydrogens is 428 g/mol. The second-order valence-corrected chi connectivity index (χ2v) is 7.25. The Bertz CT molecular complexity index is 930. The minimum Gasteiger partial charge on any atom is -0.434 e. The molecule has 0 saturated carbocycles. The van der Waals surface area contributed by atoms with E-state index in [1.54, 1.807) is 23.1 Å². The number of para-hydroxylation sites is 1. The molecule has 2 amide bonds. The van der Waals surface area contributed by atoms with Gasteiger partial charge in [0, 0.05) is 48.5 Å². The first kappa shape index (κ1) is 22.6. The van der Waals surface area contributed by atoms with Crippen molar-refractivity contribution in [2.24, 2.45) is 0 Å². The van der Waals surface area contributed by atoms with Crippen LogP contribution in [0.1, 0.15) is 5.56 Å². The van der Waals surface area contributed by atoms with Crippen molar-refractivity contribution in [3.63, 3.8) is 0 Å². The molecule has 0 aromatic heterocycles. The summed E-state index contributed by atoms with van der Waals surface area (Å²) in [5.41, 5.74) is 1.38. The van der Waals surface area contributed by atoms with E-state index < -0.39 is 12.5 Å². The van der Waals surface area contributed by atoms with Crippen LogP contribution in [0.25, 0.3) is 6.08 Å². The fourth-order valence-corrected chi connectivity index (χ4v) is 3.31. The topological polar surface area (TPSA) is 61.9 Å². The molecule has 0 unspecified atom stereocenters. The first-order chi connectivity index (χ1) is 14.9. The highest BCUT2D eigenvalue weighted by molar-refractivity contribution is 6.30. The molecule has 1 heterocycles. The Morgan fingerprint density at radius 3 is 2.42 bits per heavy atom. The highest BCUT2D eigenvalue weighted by Crippen LogP contribution is 2.21. The molecule has 1 aliphatic rings. The lowest BCUT2D eigenvalue weighted by atomic mass is 10.2. The quantitative estimate of drug-likeness (QED) is 0.658. The fourth-order valence-electron chi connectivity index (χ4n) is 3.19. The lowest BCUT2D eigenvalue weighted by molar-refractivity contribution is -0.132. The molecular formula is C22H22ClF2N3O3. The van der Waals surface area contributed by atoms with Gasteiger partial charge in [-0.2, -0.15) is 8.78 Å². The van der Waals surface area contributed by atoms with Crippen LogP contribution in [0.2, 0.25) is 5.02 Å². The van der Waals surface area contributed by atoms with Crippen LogP contribution in [-0.2, 0) is 9.59 Å². The highest BCUT2D eigenvalue weighted by atomic mass is 35.5. The Morgan fingerprint density at radius 1 is 1.06 bits per heavy atom. The number of alkyl halides is 2. The third kappa shape index (κ3) is 6.68. The summed E-state index contributed by atoms with van der Waals surface area (Å²) in [7, 11) is 0. The van der Waals surface area contributed by atoms with Gasteiger partial charge in [0.1, 0.15) is 5.75 Å². The highest BCUT2D eigenvalue weighted by Gasteiger charge is 2.21. The van der Waals surface area contributed by atoms with E-state index >= 15 is 0 Å². The van der Waals surface area contributed by atoms with Gasteiger partial charge in [0.05, 0.1) is 6.54 Å². The van der Waals surface area contributed by atoms with Gasteiger partial charge in [-0.3, -0.25) is 9.59 Å². The van der Waals surface area contributed by atoms with Crippen molar-refractivity contribution < 1.29 is 23.1 Å². The molecule has 2 aromatic carbocycles. The number of halogens is 3. The van der Waals surface area contributed by atoms with Gasteiger partial charge >= 0.3 is 6.61 Å². The molecule has 6 nitrogen and oxygen atoms in total. The van der Waals surface area contributed by atoms with Crippen LogP contribution in [0, 0.1) is 0 Å². The number of carbonyl (C=O) groups is 2. The van der Waals surface area contributed by atoms with Crippen LogP contribution in [0.5, 0.6) is 5.75 Å². The van der Waals surface area contributed by atoms with Crippen LogP contribution >= 0.6 is 11.6 Å². The molecule has 1 saturated heterocycles. The number of amides is 2. The Balaban J connectivity index is 1.45. The lowest BCUT2D eigenvalue weighted by Gasteiger charge is -2.36. The molecule has 9 heteroatoms. The average Bonchev–Trinajstić information content (AvgIpc) is 2.77. The Hall–Kier alpha value is -3.13. The van der Waals surface area contributed by atoms with Crippen LogP contribution < -0.4 is 15.0 Å². The van der Waals surface area contributed by atoms with Gasteiger partial charge in [-0.15, -0.1) is 0 Å². The number of nitrogens with zero attached hydrogens (tertiary/aromatic N) is 2. The van der Waals surface area contributed by atoms with Crippen molar-refractivity contribution in [3.05, 3.63) is 65.2 Å². The van der Waals surface area contributed by atoms with Gasteiger partial charge in [0.25, 0.3) is 0 Å². The molecule has 1 fully saturated rings. The molecule has 0 radical (unpaired) electrons. The zero-order valence-electron chi connectivity index (χ0n) is 16.6. The zero-order chi connectivity index (χ0) is 22.2. The Morgan fingerprint density at radius 2 is 1.74 bits per heavy atom. The summed E-state index contributed by atoms with van der Waals surface area (Å²) in [5, 5.41) is 3.20. The molecule has 0 spiro atoms. The molecule has 1 aliphatic heterocycles. The van der Waals surface area contributed by atoms with E-state index in [0.29, 0.717) is 36.8 Å². The van der Waals surface area contributed by atoms with Gasteiger partial charge in [-0.25, -0.2) is 0 Å². The monoisotopic (exact) mass is 449 g/mol. The molecule has 0 bridgehead atoms. The molecule has 164 valence electrons. The van der Waals surface area contributed by atoms with Gasteiger partial charge in [-0.1, -0.05) is 29.8 Å². The standard InChI is InChI=1S/C22H22ClF2N3O3/c23-17-6-8-18(9-7-17)27-11-13-28(14-12-27)21(30)15-26-20(29)10-5-16-3-1-2-4-19(16)31-22(24)25/h1-10,22H,11-15H2,(H,26,29)/b10-5+. The van der Waals surface area contributed by atoms with Crippen molar-refractivity contribution in [3.8, 4) is 5.75 Å². The van der Waals surface area contributed by atoms with E-state index in [0.717, 1.165) is 5.69 Å². The zero-order valence-corrected chi connectivity index (χ0v) is 17.4. The van der Waals surface area contributed by atoms with E-state index in [-0.39, 0.29) is 18.2 Å². The molecule has 0 aliphatic carbocycles. The normalized spacial score (nSPS) is 14.2. The predicted octanol–water partition coefficient (Wildman–Crippen LogP) is 3.42. The molecule has 1 N–H and O–H groups in total. The first-order valence-electron chi connectivity index (χ1n) is 9.70. The van der Waals surface area contributed by atoms with Gasteiger partial charge in [0.15, 0.2) is 0 Å². The number of hydrogen-bond donors (Lipinski definition) is 1. The number of ether oxygens (including phenoxy) is 1. The minimum atomic E-state index is -2.96. The smallest absolute Gasteiger partial charge is 0.387 e. The SMILES string of the molecule is O=C(/C=C/c1ccccc1OC(F)F)NCC(=O)N1CCN(c2ccc(Cl)cc2)CC1. The second-order valence-electron chi connectivity index (χ2n) is 6.81. The summed E-state index contributed by atoms with van der Waals surface area (Å²) in [4.78, 5) is 28.3. The number of anilines is 1. The largest absolute Gasteiger partial charge is 0.434 e. The first-order valence-corrected chi connectivity index (χ1v) is 10.1. The van der Waals surface area contributed by atoms with E-state index in [1.807, 2.05) is 24.3 Å². The van der Waals surface area contributed by atoms with Crippen LogP contribution in [-0.4, -0.2) is 56.0 Å². The van der Waals surface area contributed by atoms with Gasteiger partial charge < -0.3 is 19.9 Å². The minimum absolute atomic E-state index is 0.0313. The third-order valence-electron chi connectivity index (χ3n) is 4.79. The maximum Gasteiger partial charge on any atom is 0.387 e. The summed E-state index contributed by atoms with van der Waals surface area (Å²) in [5.74, 6) is -0.713. The summed E-state index contributed by atoms with van der Waals surface area (Å²) in [6, 6.07) is 13.7. The maximum atomic E-state index is 12.4. The summed E-state index contributed by atoms with van der Waals surface area (Å²) >= 11 is 5.91. The number of piperazine rings is 1. The molecule has 2 aromatic rings. The second kappa shape index (κ2) is 10.8. The molecule has 3 rings (SSSR count). The Labute approximate surface area is 184 Å². The van der Waals surface area contributed by atoms with Gasteiger partial charge in [-0.05, 0) is 36.4 Å². The van der Waals surface area contributed by atoms with Gasteiger partial charge in [0.2, 0.25) is 11.8 Å². The number of nitrogens with one attached hydrogen (secondary N) is 1. The van der Waals surface area contributed by atoms with Crippen molar-refractivity contribution >= 4 is 35.2 Å². The van der Waals surface area contributed by atoms with E-state index in [1.165, 1.54) is 18.2 Å². The summed E-state index contributed by atoms with van der Waals surface area (Å²) in [6.07, 6.45) is 2.54. The number of benzene rings is 2.